The largest absolute Gasteiger partial charge is 0.488 e. The highest BCUT2D eigenvalue weighted by molar-refractivity contribution is 5.79. The SMILES string of the molecule is CCCCCC1CC(=O)NC(C)=C1OCC=O. The van der Waals surface area contributed by atoms with E-state index in [1.807, 2.05) is 6.92 Å². The minimum atomic E-state index is 0.0439. The van der Waals surface area contributed by atoms with Gasteiger partial charge >= 0.3 is 0 Å². The molecule has 4 nitrogen and oxygen atoms in total. The molecule has 0 aliphatic carbocycles. The zero-order chi connectivity index (χ0) is 12.7. The van der Waals surface area contributed by atoms with Crippen LogP contribution in [0.4, 0.5) is 0 Å². The average Bonchev–Trinajstić information content (AvgIpc) is 2.28. The molecule has 1 unspecified atom stereocenters. The number of carbonyl (C=O) groups excluding carboxylic acids is 2. The Hall–Kier alpha value is -1.32. The molecule has 1 amide bonds. The molecule has 0 aromatic heterocycles. The van der Waals surface area contributed by atoms with Crippen LogP contribution in [-0.4, -0.2) is 18.8 Å². The molecule has 0 bridgehead atoms. The lowest BCUT2D eigenvalue weighted by atomic mass is 9.92. The van der Waals surface area contributed by atoms with Crippen molar-refractivity contribution >= 4 is 12.2 Å². The Balaban J connectivity index is 2.64. The Labute approximate surface area is 102 Å². The number of hydrogen-bond acceptors (Lipinski definition) is 3. The lowest BCUT2D eigenvalue weighted by Gasteiger charge is -2.26. The monoisotopic (exact) mass is 239 g/mol. The van der Waals surface area contributed by atoms with Crippen molar-refractivity contribution in [1.29, 1.82) is 0 Å². The highest BCUT2D eigenvalue weighted by Gasteiger charge is 2.26. The maximum atomic E-state index is 11.5. The smallest absolute Gasteiger partial charge is 0.224 e. The van der Waals surface area contributed by atoms with Crippen molar-refractivity contribution in [3.05, 3.63) is 11.5 Å². The van der Waals surface area contributed by atoms with Crippen molar-refractivity contribution in [3.8, 4) is 0 Å². The fraction of sp³-hybridized carbons (Fsp3) is 0.692. The van der Waals surface area contributed by atoms with E-state index in [2.05, 4.69) is 12.2 Å². The molecule has 0 aromatic rings. The number of hydrogen-bond donors (Lipinski definition) is 1. The first kappa shape index (κ1) is 13.7. The van der Waals surface area contributed by atoms with Crippen molar-refractivity contribution in [2.75, 3.05) is 6.61 Å². The first-order valence-electron chi connectivity index (χ1n) is 6.26. The van der Waals surface area contributed by atoms with Crippen molar-refractivity contribution in [1.82, 2.24) is 5.32 Å². The molecule has 4 heteroatoms. The van der Waals surface area contributed by atoms with Gasteiger partial charge in [0.1, 0.15) is 12.4 Å². The second-order valence-electron chi connectivity index (χ2n) is 4.41. The molecule has 1 aliphatic heterocycles. The number of allylic oxidation sites excluding steroid dienone is 2. The fourth-order valence-corrected chi connectivity index (χ4v) is 2.17. The Morgan fingerprint density at radius 3 is 2.88 bits per heavy atom. The summed E-state index contributed by atoms with van der Waals surface area (Å²) in [6.07, 6.45) is 5.57. The molecule has 0 aromatic carbocycles. The van der Waals surface area contributed by atoms with Gasteiger partial charge in [-0.2, -0.15) is 0 Å². The Kier molecular flexibility index (Phi) is 5.73. The summed E-state index contributed by atoms with van der Waals surface area (Å²) in [5, 5.41) is 2.76. The third kappa shape index (κ3) is 4.21. The minimum Gasteiger partial charge on any atom is -0.488 e. The van der Waals surface area contributed by atoms with E-state index in [0.29, 0.717) is 6.42 Å². The maximum Gasteiger partial charge on any atom is 0.224 e. The van der Waals surface area contributed by atoms with Crippen LogP contribution < -0.4 is 5.32 Å². The van der Waals surface area contributed by atoms with Gasteiger partial charge in [-0.1, -0.05) is 26.2 Å². The van der Waals surface area contributed by atoms with Crippen molar-refractivity contribution in [2.45, 2.75) is 46.0 Å². The van der Waals surface area contributed by atoms with E-state index in [1.165, 1.54) is 0 Å². The van der Waals surface area contributed by atoms with Crippen LogP contribution in [0.15, 0.2) is 11.5 Å². The lowest BCUT2D eigenvalue weighted by Crippen LogP contribution is -2.33. The second-order valence-corrected chi connectivity index (χ2v) is 4.41. The van der Waals surface area contributed by atoms with Crippen LogP contribution >= 0.6 is 0 Å². The highest BCUT2D eigenvalue weighted by Crippen LogP contribution is 2.28. The van der Waals surface area contributed by atoms with Gasteiger partial charge in [-0.25, -0.2) is 0 Å². The van der Waals surface area contributed by atoms with Crippen LogP contribution in [0.1, 0.15) is 46.0 Å². The number of carbonyl (C=O) groups is 2. The summed E-state index contributed by atoms with van der Waals surface area (Å²) in [4.78, 5) is 21.8. The minimum absolute atomic E-state index is 0.0439. The zero-order valence-corrected chi connectivity index (χ0v) is 10.6. The highest BCUT2D eigenvalue weighted by atomic mass is 16.5. The fourth-order valence-electron chi connectivity index (χ4n) is 2.17. The number of ether oxygens (including phenoxy) is 1. The van der Waals surface area contributed by atoms with Crippen LogP contribution in [0, 0.1) is 5.92 Å². The zero-order valence-electron chi connectivity index (χ0n) is 10.6. The molecule has 0 fully saturated rings. The van der Waals surface area contributed by atoms with Gasteiger partial charge in [-0.15, -0.1) is 0 Å². The van der Waals surface area contributed by atoms with Gasteiger partial charge in [-0.3, -0.25) is 9.59 Å². The van der Waals surface area contributed by atoms with E-state index in [1.54, 1.807) is 0 Å². The average molecular weight is 239 g/mol. The Morgan fingerprint density at radius 1 is 1.47 bits per heavy atom. The predicted molar refractivity (Wildman–Crippen MR) is 65.1 cm³/mol. The van der Waals surface area contributed by atoms with Gasteiger partial charge in [-0.05, 0) is 13.3 Å². The molecule has 0 spiro atoms. The van der Waals surface area contributed by atoms with Crippen LogP contribution in [0.3, 0.4) is 0 Å². The van der Waals surface area contributed by atoms with E-state index in [0.717, 1.165) is 43.4 Å². The van der Waals surface area contributed by atoms with E-state index < -0.39 is 0 Å². The molecular weight excluding hydrogens is 218 g/mol. The molecule has 17 heavy (non-hydrogen) atoms. The third-order valence-corrected chi connectivity index (χ3v) is 2.96. The lowest BCUT2D eigenvalue weighted by molar-refractivity contribution is -0.122. The normalized spacial score (nSPS) is 20.1. The van der Waals surface area contributed by atoms with Crippen molar-refractivity contribution in [2.24, 2.45) is 5.92 Å². The van der Waals surface area contributed by atoms with Crippen LogP contribution in [-0.2, 0) is 14.3 Å². The van der Waals surface area contributed by atoms with Gasteiger partial charge in [0.15, 0.2) is 6.29 Å². The first-order valence-corrected chi connectivity index (χ1v) is 6.26. The van der Waals surface area contributed by atoms with Gasteiger partial charge in [0.05, 0.1) is 5.70 Å². The summed E-state index contributed by atoms with van der Waals surface area (Å²) < 4.78 is 5.43. The van der Waals surface area contributed by atoms with E-state index >= 15 is 0 Å². The molecule has 96 valence electrons. The summed E-state index contributed by atoms with van der Waals surface area (Å²) in [5.41, 5.74) is 0.754. The predicted octanol–water partition coefficient (Wildman–Crippen LogP) is 2.15. The molecule has 1 atom stereocenters. The summed E-state index contributed by atoms with van der Waals surface area (Å²) in [6, 6.07) is 0. The number of rotatable bonds is 7. The Bertz CT molecular complexity index is 310. The third-order valence-electron chi connectivity index (χ3n) is 2.96. The summed E-state index contributed by atoms with van der Waals surface area (Å²) in [7, 11) is 0. The van der Waals surface area contributed by atoms with E-state index in [9.17, 15) is 9.59 Å². The number of nitrogens with one attached hydrogen (secondary N) is 1. The molecule has 0 radical (unpaired) electrons. The number of unbranched alkanes of at least 4 members (excludes halogenated alkanes) is 2. The first-order chi connectivity index (χ1) is 8.19. The second kappa shape index (κ2) is 7.09. The van der Waals surface area contributed by atoms with E-state index in [4.69, 9.17) is 4.74 Å². The molecule has 1 rings (SSSR count). The van der Waals surface area contributed by atoms with Gasteiger partial charge in [0.2, 0.25) is 5.91 Å². The van der Waals surface area contributed by atoms with Gasteiger partial charge < -0.3 is 10.1 Å². The quantitative estimate of drug-likeness (QED) is 0.547. The van der Waals surface area contributed by atoms with Crippen molar-refractivity contribution in [3.63, 3.8) is 0 Å². The molecule has 1 heterocycles. The molecule has 1 aliphatic rings. The summed E-state index contributed by atoms with van der Waals surface area (Å²) in [5.74, 6) is 0.963. The van der Waals surface area contributed by atoms with Crippen LogP contribution in [0.5, 0.6) is 0 Å². The standard InChI is InChI=1S/C13H21NO3/c1-3-4-5-6-11-9-12(16)14-10(2)13(11)17-8-7-15/h7,11H,3-6,8-9H2,1-2H3,(H,14,16). The topological polar surface area (TPSA) is 55.4 Å². The maximum absolute atomic E-state index is 11.5. The van der Waals surface area contributed by atoms with Crippen LogP contribution in [0.2, 0.25) is 0 Å². The van der Waals surface area contributed by atoms with Crippen LogP contribution in [0.25, 0.3) is 0 Å². The number of amides is 1. The molecular formula is C13H21NO3. The summed E-state index contributed by atoms with van der Waals surface area (Å²) >= 11 is 0. The summed E-state index contributed by atoms with van der Waals surface area (Å²) in [6.45, 7) is 4.04. The van der Waals surface area contributed by atoms with Gasteiger partial charge in [0.25, 0.3) is 0 Å². The molecule has 0 saturated carbocycles. The number of aldehydes is 1. The van der Waals surface area contributed by atoms with Crippen molar-refractivity contribution < 1.29 is 14.3 Å². The Morgan fingerprint density at radius 2 is 2.24 bits per heavy atom. The molecule has 0 saturated heterocycles. The van der Waals surface area contributed by atoms with E-state index in [-0.39, 0.29) is 18.4 Å². The van der Waals surface area contributed by atoms with Gasteiger partial charge in [0, 0.05) is 12.3 Å². The molecule has 1 N–H and O–H groups in total.